The second-order valence-corrected chi connectivity index (χ2v) is 11.5. The van der Waals surface area contributed by atoms with Gasteiger partial charge in [0, 0.05) is 30.3 Å². The van der Waals surface area contributed by atoms with E-state index in [-0.39, 0.29) is 30.6 Å². The molecule has 3 amide bonds. The zero-order valence-corrected chi connectivity index (χ0v) is 23.8. The van der Waals surface area contributed by atoms with Crippen LogP contribution >= 0.6 is 11.3 Å². The van der Waals surface area contributed by atoms with Crippen molar-refractivity contribution in [3.8, 4) is 5.75 Å². The van der Waals surface area contributed by atoms with Crippen LogP contribution in [0.1, 0.15) is 46.0 Å². The number of nitrogens with one attached hydrogen (secondary N) is 1. The summed E-state index contributed by atoms with van der Waals surface area (Å²) >= 11 is 1.73. The molecule has 0 saturated carbocycles. The summed E-state index contributed by atoms with van der Waals surface area (Å²) in [6.07, 6.45) is 2.60. The summed E-state index contributed by atoms with van der Waals surface area (Å²) in [4.78, 5) is 32.0. The second kappa shape index (κ2) is 12.2. The van der Waals surface area contributed by atoms with Gasteiger partial charge in [0.1, 0.15) is 18.9 Å². The number of thiophene rings is 1. The number of aryl methyl sites for hydroxylation is 3. The molecule has 1 fully saturated rings. The molecule has 0 radical (unpaired) electrons. The highest BCUT2D eigenvalue weighted by molar-refractivity contribution is 7.10. The Labute approximate surface area is 234 Å². The Morgan fingerprint density at radius 2 is 1.90 bits per heavy atom. The van der Waals surface area contributed by atoms with E-state index in [0.29, 0.717) is 32.0 Å². The van der Waals surface area contributed by atoms with E-state index >= 15 is 0 Å². The molecule has 0 spiro atoms. The summed E-state index contributed by atoms with van der Waals surface area (Å²) < 4.78 is 12.1. The molecular weight excluding hydrogens is 510 g/mol. The van der Waals surface area contributed by atoms with Crippen molar-refractivity contribution < 1.29 is 19.1 Å². The smallest absolute Gasteiger partial charge is 0.322 e. The van der Waals surface area contributed by atoms with Gasteiger partial charge in [0.15, 0.2) is 0 Å². The first kappa shape index (κ1) is 27.2. The zero-order chi connectivity index (χ0) is 27.4. The fraction of sp³-hybridized carbons (Fsp3) is 0.419. The summed E-state index contributed by atoms with van der Waals surface area (Å²) in [6.45, 7) is 8.12. The van der Waals surface area contributed by atoms with E-state index in [1.807, 2.05) is 55.1 Å². The number of rotatable bonds is 8. The number of nitrogens with zero attached hydrogens (tertiary/aromatic N) is 2. The van der Waals surface area contributed by atoms with Gasteiger partial charge in [-0.3, -0.25) is 4.79 Å². The van der Waals surface area contributed by atoms with Gasteiger partial charge in [-0.2, -0.15) is 0 Å². The Morgan fingerprint density at radius 3 is 2.64 bits per heavy atom. The van der Waals surface area contributed by atoms with E-state index in [1.54, 1.807) is 16.2 Å². The van der Waals surface area contributed by atoms with Crippen molar-refractivity contribution in [3.63, 3.8) is 0 Å². The molecule has 0 unspecified atom stereocenters. The minimum atomic E-state index is -0.293. The van der Waals surface area contributed by atoms with E-state index in [9.17, 15) is 9.59 Å². The number of hydrogen-bond donors (Lipinski definition) is 1. The Hall–Kier alpha value is -3.36. The van der Waals surface area contributed by atoms with Crippen LogP contribution in [0, 0.1) is 20.8 Å². The molecule has 3 heterocycles. The first-order valence-electron chi connectivity index (χ1n) is 13.7. The van der Waals surface area contributed by atoms with Crippen LogP contribution in [0.2, 0.25) is 0 Å². The molecule has 2 atom stereocenters. The summed E-state index contributed by atoms with van der Waals surface area (Å²) in [5.74, 6) is 0.742. The lowest BCUT2D eigenvalue weighted by Crippen LogP contribution is -2.50. The number of carbonyl (C=O) groups excluding carboxylic acids is 2. The first-order chi connectivity index (χ1) is 18.9. The molecular formula is C31H37N3O4S. The maximum absolute atomic E-state index is 13.9. The largest absolute Gasteiger partial charge is 0.491 e. The third-order valence-electron chi connectivity index (χ3n) is 7.51. The van der Waals surface area contributed by atoms with Crippen LogP contribution in [0.5, 0.6) is 5.75 Å². The standard InChI is InChI=1S/C31H37N3O4S/c1-21-6-9-24(10-7-21)32-31(36)33(18-25-5-4-15-37-25)19-30(35)34-14-12-29-26(13-16-39-29)27(34)20-38-28-11-8-22(2)17-23(28)3/h6-11,13,16-17,25,27H,4-5,12,14-15,18-20H2,1-3H3,(H,32,36)/t25-,27-/m1/s1. The van der Waals surface area contributed by atoms with Crippen LogP contribution in [0.4, 0.5) is 10.5 Å². The van der Waals surface area contributed by atoms with Crippen molar-refractivity contribution in [1.82, 2.24) is 9.80 Å². The van der Waals surface area contributed by atoms with E-state index in [2.05, 4.69) is 29.8 Å². The van der Waals surface area contributed by atoms with Gasteiger partial charge in [0.25, 0.3) is 0 Å². The van der Waals surface area contributed by atoms with E-state index in [4.69, 9.17) is 9.47 Å². The molecule has 2 aliphatic rings. The fourth-order valence-corrected chi connectivity index (χ4v) is 6.28. The number of benzene rings is 2. The van der Waals surface area contributed by atoms with Crippen molar-refractivity contribution in [3.05, 3.63) is 81.0 Å². The number of anilines is 1. The molecule has 1 N–H and O–H groups in total. The number of amides is 3. The van der Waals surface area contributed by atoms with Gasteiger partial charge in [0.2, 0.25) is 5.91 Å². The van der Waals surface area contributed by atoms with Crippen molar-refractivity contribution in [2.75, 3.05) is 38.2 Å². The summed E-state index contributed by atoms with van der Waals surface area (Å²) in [5, 5.41) is 5.05. The van der Waals surface area contributed by atoms with Gasteiger partial charge in [-0.15, -0.1) is 11.3 Å². The summed E-state index contributed by atoms with van der Waals surface area (Å²) in [5.41, 5.74) is 5.22. The molecule has 3 aromatic rings. The maximum atomic E-state index is 13.9. The highest BCUT2D eigenvalue weighted by atomic mass is 32.1. The fourth-order valence-electron chi connectivity index (χ4n) is 5.35. The number of fused-ring (bicyclic) bond motifs is 1. The molecule has 5 rings (SSSR count). The van der Waals surface area contributed by atoms with Crippen LogP contribution < -0.4 is 10.1 Å². The lowest BCUT2D eigenvalue weighted by molar-refractivity contribution is -0.135. The maximum Gasteiger partial charge on any atom is 0.322 e. The van der Waals surface area contributed by atoms with Gasteiger partial charge in [-0.1, -0.05) is 35.4 Å². The molecule has 0 aliphatic carbocycles. The van der Waals surface area contributed by atoms with Crippen LogP contribution in [0.25, 0.3) is 0 Å². The highest BCUT2D eigenvalue weighted by Gasteiger charge is 2.34. The SMILES string of the molecule is Cc1ccc(NC(=O)N(CC(=O)N2CCc3sccc3[C@H]2COc2ccc(C)cc2C)C[C@H]2CCCO2)cc1. The number of urea groups is 1. The minimum Gasteiger partial charge on any atom is -0.491 e. The lowest BCUT2D eigenvalue weighted by atomic mass is 10.00. The number of hydrogen-bond acceptors (Lipinski definition) is 5. The normalized spacial score (nSPS) is 18.5. The topological polar surface area (TPSA) is 71.1 Å². The van der Waals surface area contributed by atoms with E-state index < -0.39 is 0 Å². The highest BCUT2D eigenvalue weighted by Crippen LogP contribution is 2.34. The van der Waals surface area contributed by atoms with Gasteiger partial charge in [-0.25, -0.2) is 4.79 Å². The van der Waals surface area contributed by atoms with E-state index in [1.165, 1.54) is 10.4 Å². The third kappa shape index (κ3) is 6.62. The molecule has 2 aliphatic heterocycles. The van der Waals surface area contributed by atoms with Crippen molar-refractivity contribution in [2.45, 2.75) is 52.2 Å². The molecule has 1 saturated heterocycles. The van der Waals surface area contributed by atoms with Crippen LogP contribution in [0.3, 0.4) is 0 Å². The second-order valence-electron chi connectivity index (χ2n) is 10.5. The predicted molar refractivity (Wildman–Crippen MR) is 155 cm³/mol. The summed E-state index contributed by atoms with van der Waals surface area (Å²) in [7, 11) is 0. The average molecular weight is 548 g/mol. The molecule has 0 bridgehead atoms. The first-order valence-corrected chi connectivity index (χ1v) is 14.6. The Morgan fingerprint density at radius 1 is 1.10 bits per heavy atom. The van der Waals surface area contributed by atoms with Crippen LogP contribution in [-0.2, 0) is 16.0 Å². The van der Waals surface area contributed by atoms with Gasteiger partial charge in [-0.05, 0) is 80.8 Å². The monoisotopic (exact) mass is 547 g/mol. The molecule has 206 valence electrons. The molecule has 2 aromatic carbocycles. The minimum absolute atomic E-state index is 0.0168. The zero-order valence-electron chi connectivity index (χ0n) is 22.9. The molecule has 39 heavy (non-hydrogen) atoms. The molecule has 7 nitrogen and oxygen atoms in total. The van der Waals surface area contributed by atoms with Crippen molar-refractivity contribution in [1.29, 1.82) is 0 Å². The van der Waals surface area contributed by atoms with E-state index in [0.717, 1.165) is 41.7 Å². The Balaban J connectivity index is 1.32. The van der Waals surface area contributed by atoms with Gasteiger partial charge < -0.3 is 24.6 Å². The summed E-state index contributed by atoms with van der Waals surface area (Å²) in [6, 6.07) is 15.4. The average Bonchev–Trinajstić information content (AvgIpc) is 3.61. The van der Waals surface area contributed by atoms with Crippen LogP contribution in [0.15, 0.2) is 53.9 Å². The third-order valence-corrected chi connectivity index (χ3v) is 8.50. The lowest BCUT2D eigenvalue weighted by Gasteiger charge is -2.37. The predicted octanol–water partition coefficient (Wildman–Crippen LogP) is 5.89. The van der Waals surface area contributed by atoms with Crippen molar-refractivity contribution in [2.24, 2.45) is 0 Å². The molecule has 1 aromatic heterocycles. The molecule has 8 heteroatoms. The number of ether oxygens (including phenoxy) is 2. The van der Waals surface area contributed by atoms with Crippen molar-refractivity contribution >= 4 is 29.0 Å². The quantitative estimate of drug-likeness (QED) is 0.382. The van der Waals surface area contributed by atoms with Crippen LogP contribution in [-0.4, -0.2) is 60.7 Å². The van der Waals surface area contributed by atoms with Gasteiger partial charge in [0.05, 0.1) is 12.1 Å². The number of carbonyl (C=O) groups is 2. The Bertz CT molecular complexity index is 1300. The van der Waals surface area contributed by atoms with Gasteiger partial charge >= 0.3 is 6.03 Å². The Kier molecular flexibility index (Phi) is 8.53.